The topological polar surface area (TPSA) is 86.8 Å². The largest absolute Gasteiger partial charge is 0.350 e. The van der Waals surface area contributed by atoms with Crippen molar-refractivity contribution >= 4 is 39.1 Å². The standard InChI is InChI=1S/C23H29ClFN3O4S/c1-16(22(30)26-23(2,3)4)27(14-17-9-6-7-12-20(17)24)21(29)15-28(33(5,31)32)19-11-8-10-18(25)13-19/h6-13,16H,14-15H2,1-5H3,(H,26,30). The van der Waals surface area contributed by atoms with Crippen LogP contribution in [0.1, 0.15) is 33.3 Å². The molecule has 0 aliphatic heterocycles. The maximum Gasteiger partial charge on any atom is 0.244 e. The molecular weight excluding hydrogens is 469 g/mol. The molecule has 0 bridgehead atoms. The molecule has 7 nitrogen and oxygen atoms in total. The highest BCUT2D eigenvalue weighted by Gasteiger charge is 2.31. The minimum atomic E-state index is -3.93. The molecule has 0 spiro atoms. The predicted octanol–water partition coefficient (Wildman–Crippen LogP) is 3.58. The van der Waals surface area contributed by atoms with Crippen molar-refractivity contribution in [2.75, 3.05) is 17.1 Å². The lowest BCUT2D eigenvalue weighted by atomic mass is 10.1. The van der Waals surface area contributed by atoms with Gasteiger partial charge in [0, 0.05) is 17.1 Å². The molecule has 33 heavy (non-hydrogen) atoms. The minimum Gasteiger partial charge on any atom is -0.350 e. The monoisotopic (exact) mass is 497 g/mol. The normalized spacial score (nSPS) is 12.7. The smallest absolute Gasteiger partial charge is 0.244 e. The van der Waals surface area contributed by atoms with Gasteiger partial charge in [-0.05, 0) is 57.5 Å². The number of halogens is 2. The molecule has 0 saturated heterocycles. The van der Waals surface area contributed by atoms with E-state index in [1.165, 1.54) is 23.1 Å². The van der Waals surface area contributed by atoms with E-state index in [1.807, 2.05) is 20.8 Å². The molecule has 0 aromatic heterocycles. The van der Waals surface area contributed by atoms with Crippen molar-refractivity contribution in [1.82, 2.24) is 10.2 Å². The van der Waals surface area contributed by atoms with E-state index in [9.17, 15) is 22.4 Å². The molecule has 0 heterocycles. The van der Waals surface area contributed by atoms with Gasteiger partial charge in [0.15, 0.2) is 0 Å². The molecule has 180 valence electrons. The van der Waals surface area contributed by atoms with Crippen molar-refractivity contribution in [2.45, 2.75) is 45.8 Å². The Labute approximate surface area is 199 Å². The lowest BCUT2D eigenvalue weighted by molar-refractivity contribution is -0.140. The Balaban J connectivity index is 2.42. The van der Waals surface area contributed by atoms with Crippen molar-refractivity contribution in [2.24, 2.45) is 0 Å². The van der Waals surface area contributed by atoms with Crippen molar-refractivity contribution in [1.29, 1.82) is 0 Å². The summed E-state index contributed by atoms with van der Waals surface area (Å²) in [5.74, 6) is -1.68. The van der Waals surface area contributed by atoms with Gasteiger partial charge in [-0.3, -0.25) is 13.9 Å². The number of carbonyl (C=O) groups is 2. The molecule has 0 saturated carbocycles. The van der Waals surface area contributed by atoms with Gasteiger partial charge < -0.3 is 10.2 Å². The second kappa shape index (κ2) is 10.5. The summed E-state index contributed by atoms with van der Waals surface area (Å²) in [5, 5.41) is 3.24. The number of nitrogens with zero attached hydrogens (tertiary/aromatic N) is 2. The minimum absolute atomic E-state index is 0.00957. The zero-order valence-electron chi connectivity index (χ0n) is 19.3. The number of rotatable bonds is 8. The van der Waals surface area contributed by atoms with Crippen molar-refractivity contribution in [3.05, 3.63) is 64.9 Å². The van der Waals surface area contributed by atoms with Crippen LogP contribution in [0.3, 0.4) is 0 Å². The van der Waals surface area contributed by atoms with E-state index in [-0.39, 0.29) is 12.2 Å². The van der Waals surface area contributed by atoms with Crippen LogP contribution in [0.15, 0.2) is 48.5 Å². The van der Waals surface area contributed by atoms with Gasteiger partial charge in [-0.1, -0.05) is 35.9 Å². The SMILES string of the molecule is CC(C(=O)NC(C)(C)C)N(Cc1ccccc1Cl)C(=O)CN(c1cccc(F)c1)S(C)(=O)=O. The van der Waals surface area contributed by atoms with Gasteiger partial charge in [-0.2, -0.15) is 0 Å². The maximum atomic E-state index is 13.8. The van der Waals surface area contributed by atoms with Gasteiger partial charge >= 0.3 is 0 Å². The third-order valence-corrected chi connectivity index (χ3v) is 6.25. The van der Waals surface area contributed by atoms with Gasteiger partial charge in [0.05, 0.1) is 11.9 Å². The van der Waals surface area contributed by atoms with Crippen LogP contribution in [0, 0.1) is 5.82 Å². The highest BCUT2D eigenvalue weighted by atomic mass is 35.5. The number of benzene rings is 2. The lowest BCUT2D eigenvalue weighted by Gasteiger charge is -2.33. The first-order valence-electron chi connectivity index (χ1n) is 10.3. The number of anilines is 1. The van der Waals surface area contributed by atoms with Crippen molar-refractivity contribution < 1.29 is 22.4 Å². The molecule has 2 aromatic carbocycles. The zero-order chi connectivity index (χ0) is 25.0. The van der Waals surface area contributed by atoms with Crippen LogP contribution in [0.4, 0.5) is 10.1 Å². The molecule has 0 fully saturated rings. The van der Waals surface area contributed by atoms with Crippen molar-refractivity contribution in [3.63, 3.8) is 0 Å². The summed E-state index contributed by atoms with van der Waals surface area (Å²) in [5.41, 5.74) is 0.0695. The second-order valence-electron chi connectivity index (χ2n) is 8.78. The first kappa shape index (κ1) is 26.6. The highest BCUT2D eigenvalue weighted by Crippen LogP contribution is 2.22. The highest BCUT2D eigenvalue weighted by molar-refractivity contribution is 7.92. The summed E-state index contributed by atoms with van der Waals surface area (Å²) in [4.78, 5) is 27.5. The number of hydrogen-bond donors (Lipinski definition) is 1. The Morgan fingerprint density at radius 2 is 1.76 bits per heavy atom. The Kier molecular flexibility index (Phi) is 8.48. The summed E-state index contributed by atoms with van der Waals surface area (Å²) in [6.07, 6.45) is 0.930. The summed E-state index contributed by atoms with van der Waals surface area (Å²) in [6, 6.07) is 10.9. The van der Waals surface area contributed by atoms with E-state index in [4.69, 9.17) is 11.6 Å². The molecule has 1 N–H and O–H groups in total. The van der Waals surface area contributed by atoms with Crippen molar-refractivity contribution in [3.8, 4) is 0 Å². The van der Waals surface area contributed by atoms with E-state index in [1.54, 1.807) is 31.2 Å². The number of nitrogens with one attached hydrogen (secondary N) is 1. The number of carbonyl (C=O) groups excluding carboxylic acids is 2. The van der Waals surface area contributed by atoms with Gasteiger partial charge in [-0.15, -0.1) is 0 Å². The average Bonchev–Trinajstić information content (AvgIpc) is 2.68. The van der Waals surface area contributed by atoms with Crippen LogP contribution in [0.5, 0.6) is 0 Å². The zero-order valence-corrected chi connectivity index (χ0v) is 20.9. The van der Waals surface area contributed by atoms with E-state index in [0.29, 0.717) is 10.6 Å². The van der Waals surface area contributed by atoms with Gasteiger partial charge in [0.1, 0.15) is 18.4 Å². The predicted molar refractivity (Wildman–Crippen MR) is 128 cm³/mol. The molecule has 1 atom stereocenters. The maximum absolute atomic E-state index is 13.8. The molecule has 0 aliphatic rings. The fourth-order valence-corrected chi connectivity index (χ4v) is 4.15. The molecule has 0 aliphatic carbocycles. The Morgan fingerprint density at radius 1 is 1.12 bits per heavy atom. The number of sulfonamides is 1. The fourth-order valence-electron chi connectivity index (χ4n) is 3.11. The number of hydrogen-bond acceptors (Lipinski definition) is 4. The van der Waals surface area contributed by atoms with Crippen LogP contribution in [-0.4, -0.2) is 49.5 Å². The summed E-state index contributed by atoms with van der Waals surface area (Å²) in [6.45, 7) is 6.37. The third kappa shape index (κ3) is 7.71. The van der Waals surface area contributed by atoms with E-state index < -0.39 is 45.8 Å². The fraction of sp³-hybridized carbons (Fsp3) is 0.391. The van der Waals surface area contributed by atoms with Crippen LogP contribution < -0.4 is 9.62 Å². The second-order valence-corrected chi connectivity index (χ2v) is 11.1. The van der Waals surface area contributed by atoms with E-state index in [2.05, 4.69) is 5.32 Å². The number of amides is 2. The molecule has 10 heteroatoms. The van der Waals surface area contributed by atoms with Gasteiger partial charge in [0.2, 0.25) is 21.8 Å². The molecular formula is C23H29ClFN3O4S. The molecule has 2 rings (SSSR count). The Morgan fingerprint density at radius 3 is 2.30 bits per heavy atom. The van der Waals surface area contributed by atoms with Crippen LogP contribution in [0.25, 0.3) is 0 Å². The molecule has 2 aromatic rings. The van der Waals surface area contributed by atoms with E-state index >= 15 is 0 Å². The average molecular weight is 498 g/mol. The molecule has 0 radical (unpaired) electrons. The third-order valence-electron chi connectivity index (χ3n) is 4.74. The molecule has 2 amide bonds. The Bertz CT molecular complexity index is 1120. The first-order valence-corrected chi connectivity index (χ1v) is 12.5. The summed E-state index contributed by atoms with van der Waals surface area (Å²) in [7, 11) is -3.93. The quantitative estimate of drug-likeness (QED) is 0.604. The Hall–Kier alpha value is -2.65. The van der Waals surface area contributed by atoms with Crippen LogP contribution in [0.2, 0.25) is 5.02 Å². The summed E-state index contributed by atoms with van der Waals surface area (Å²) < 4.78 is 39.4. The van der Waals surface area contributed by atoms with Gasteiger partial charge in [-0.25, -0.2) is 12.8 Å². The van der Waals surface area contributed by atoms with Crippen LogP contribution >= 0.6 is 11.6 Å². The summed E-state index contributed by atoms with van der Waals surface area (Å²) >= 11 is 6.27. The first-order chi connectivity index (χ1) is 15.2. The van der Waals surface area contributed by atoms with E-state index in [0.717, 1.165) is 16.6 Å². The molecule has 1 unspecified atom stereocenters. The van der Waals surface area contributed by atoms with Crippen LogP contribution in [-0.2, 0) is 26.2 Å². The lowest BCUT2D eigenvalue weighted by Crippen LogP contribution is -2.54. The van der Waals surface area contributed by atoms with Gasteiger partial charge in [0.25, 0.3) is 0 Å².